The highest BCUT2D eigenvalue weighted by Crippen LogP contribution is 2.24. The van der Waals surface area contributed by atoms with Crippen LogP contribution in [-0.2, 0) is 9.59 Å². The molecule has 0 aromatic heterocycles. The largest absolute Gasteiger partial charge is 0.481 e. The Morgan fingerprint density at radius 1 is 1.35 bits per heavy atom. The summed E-state index contributed by atoms with van der Waals surface area (Å²) in [6, 6.07) is -0.208. The van der Waals surface area contributed by atoms with E-state index in [9.17, 15) is 9.59 Å². The zero-order valence-electron chi connectivity index (χ0n) is 11.1. The molecular formula is C12H24N2O3. The Bertz CT molecular complexity index is 269. The SMILES string of the molecule is CC(N)CC(=O)NCC(CC(C)(C)C)C(=O)O. The summed E-state index contributed by atoms with van der Waals surface area (Å²) in [4.78, 5) is 22.4. The van der Waals surface area contributed by atoms with E-state index in [4.69, 9.17) is 10.8 Å². The molecule has 0 radical (unpaired) electrons. The van der Waals surface area contributed by atoms with Gasteiger partial charge in [0.2, 0.25) is 5.91 Å². The molecule has 0 rings (SSSR count). The number of carbonyl (C=O) groups excluding carboxylic acids is 1. The quantitative estimate of drug-likeness (QED) is 0.649. The molecule has 4 N–H and O–H groups in total. The minimum Gasteiger partial charge on any atom is -0.481 e. The van der Waals surface area contributed by atoms with Crippen molar-refractivity contribution in [3.63, 3.8) is 0 Å². The van der Waals surface area contributed by atoms with Crippen molar-refractivity contribution in [2.45, 2.75) is 46.6 Å². The third-order valence-corrected chi connectivity index (χ3v) is 2.26. The first-order valence-electron chi connectivity index (χ1n) is 5.87. The first kappa shape index (κ1) is 15.9. The molecule has 0 aromatic carbocycles. The number of amides is 1. The van der Waals surface area contributed by atoms with Crippen LogP contribution in [0.25, 0.3) is 0 Å². The van der Waals surface area contributed by atoms with Crippen LogP contribution >= 0.6 is 0 Å². The fourth-order valence-electron chi connectivity index (χ4n) is 1.59. The second kappa shape index (κ2) is 6.59. The van der Waals surface area contributed by atoms with Gasteiger partial charge in [-0.05, 0) is 18.8 Å². The highest BCUT2D eigenvalue weighted by Gasteiger charge is 2.24. The standard InChI is InChI=1S/C12H24N2O3/c1-8(13)5-10(15)14-7-9(11(16)17)6-12(2,3)4/h8-9H,5-7,13H2,1-4H3,(H,14,15)(H,16,17). The lowest BCUT2D eigenvalue weighted by atomic mass is 9.84. The average molecular weight is 244 g/mol. The first-order valence-corrected chi connectivity index (χ1v) is 5.87. The van der Waals surface area contributed by atoms with Gasteiger partial charge in [-0.15, -0.1) is 0 Å². The van der Waals surface area contributed by atoms with Crippen molar-refractivity contribution in [1.29, 1.82) is 0 Å². The monoisotopic (exact) mass is 244 g/mol. The van der Waals surface area contributed by atoms with Crippen molar-refractivity contribution < 1.29 is 14.7 Å². The van der Waals surface area contributed by atoms with E-state index in [1.165, 1.54) is 0 Å². The molecule has 2 atom stereocenters. The lowest BCUT2D eigenvalue weighted by Gasteiger charge is -2.23. The molecule has 0 aliphatic carbocycles. The molecule has 0 spiro atoms. The van der Waals surface area contributed by atoms with Crippen LogP contribution in [-0.4, -0.2) is 29.6 Å². The summed E-state index contributed by atoms with van der Waals surface area (Å²) in [5.74, 6) is -1.62. The summed E-state index contributed by atoms with van der Waals surface area (Å²) in [7, 11) is 0. The predicted molar refractivity (Wildman–Crippen MR) is 66.5 cm³/mol. The van der Waals surface area contributed by atoms with Crippen LogP contribution in [0.4, 0.5) is 0 Å². The van der Waals surface area contributed by atoms with Crippen molar-refractivity contribution in [3.05, 3.63) is 0 Å². The van der Waals surface area contributed by atoms with E-state index in [1.54, 1.807) is 6.92 Å². The summed E-state index contributed by atoms with van der Waals surface area (Å²) in [5, 5.41) is 11.7. The summed E-state index contributed by atoms with van der Waals surface area (Å²) >= 11 is 0. The first-order chi connectivity index (χ1) is 7.61. The third-order valence-electron chi connectivity index (χ3n) is 2.26. The Kier molecular flexibility index (Phi) is 6.16. The van der Waals surface area contributed by atoms with Crippen LogP contribution < -0.4 is 11.1 Å². The number of nitrogens with one attached hydrogen (secondary N) is 1. The van der Waals surface area contributed by atoms with Gasteiger partial charge in [-0.1, -0.05) is 20.8 Å². The Morgan fingerprint density at radius 3 is 2.24 bits per heavy atom. The van der Waals surface area contributed by atoms with Gasteiger partial charge in [0, 0.05) is 19.0 Å². The van der Waals surface area contributed by atoms with Gasteiger partial charge >= 0.3 is 5.97 Å². The maximum absolute atomic E-state index is 11.4. The number of nitrogens with two attached hydrogens (primary N) is 1. The third kappa shape index (κ3) is 8.68. The van der Waals surface area contributed by atoms with Gasteiger partial charge in [-0.2, -0.15) is 0 Å². The summed E-state index contributed by atoms with van der Waals surface area (Å²) in [5.41, 5.74) is 5.41. The van der Waals surface area contributed by atoms with Gasteiger partial charge < -0.3 is 16.2 Å². The van der Waals surface area contributed by atoms with Crippen LogP contribution in [0.2, 0.25) is 0 Å². The molecule has 0 fully saturated rings. The second-order valence-electron chi connectivity index (χ2n) is 5.79. The highest BCUT2D eigenvalue weighted by molar-refractivity contribution is 5.77. The molecule has 0 saturated heterocycles. The molecule has 2 unspecified atom stereocenters. The average Bonchev–Trinajstić information content (AvgIpc) is 2.08. The van der Waals surface area contributed by atoms with Crippen LogP contribution in [0.15, 0.2) is 0 Å². The van der Waals surface area contributed by atoms with E-state index in [-0.39, 0.29) is 30.3 Å². The zero-order valence-corrected chi connectivity index (χ0v) is 11.1. The van der Waals surface area contributed by atoms with E-state index < -0.39 is 11.9 Å². The smallest absolute Gasteiger partial charge is 0.308 e. The number of aliphatic carboxylic acids is 1. The molecule has 5 nitrogen and oxygen atoms in total. The number of carbonyl (C=O) groups is 2. The number of hydrogen-bond donors (Lipinski definition) is 3. The molecule has 1 amide bonds. The molecule has 0 heterocycles. The Morgan fingerprint density at radius 2 is 1.88 bits per heavy atom. The van der Waals surface area contributed by atoms with E-state index in [0.29, 0.717) is 6.42 Å². The number of carboxylic acid groups (broad SMARTS) is 1. The van der Waals surface area contributed by atoms with Gasteiger partial charge in [-0.3, -0.25) is 9.59 Å². The molecule has 100 valence electrons. The van der Waals surface area contributed by atoms with E-state index in [0.717, 1.165) is 0 Å². The minimum absolute atomic E-state index is 0.0745. The van der Waals surface area contributed by atoms with E-state index in [1.807, 2.05) is 20.8 Å². The molecule has 0 aliphatic rings. The molecule has 17 heavy (non-hydrogen) atoms. The minimum atomic E-state index is -0.874. The van der Waals surface area contributed by atoms with Crippen LogP contribution in [0, 0.1) is 11.3 Å². The van der Waals surface area contributed by atoms with Gasteiger partial charge in [0.1, 0.15) is 0 Å². The van der Waals surface area contributed by atoms with Gasteiger partial charge in [0.25, 0.3) is 0 Å². The summed E-state index contributed by atoms with van der Waals surface area (Å²) in [6.45, 7) is 7.84. The summed E-state index contributed by atoms with van der Waals surface area (Å²) in [6.07, 6.45) is 0.753. The van der Waals surface area contributed by atoms with E-state index >= 15 is 0 Å². The maximum atomic E-state index is 11.4. The van der Waals surface area contributed by atoms with Gasteiger partial charge in [-0.25, -0.2) is 0 Å². The Labute approximate surface area is 103 Å². The fourth-order valence-corrected chi connectivity index (χ4v) is 1.59. The molecule has 5 heteroatoms. The molecule has 0 aliphatic heterocycles. The number of rotatable bonds is 6. The lowest BCUT2D eigenvalue weighted by molar-refractivity contribution is -0.142. The number of carboxylic acids is 1. The van der Waals surface area contributed by atoms with E-state index in [2.05, 4.69) is 5.32 Å². The molecule has 0 bridgehead atoms. The lowest BCUT2D eigenvalue weighted by Crippen LogP contribution is -2.37. The zero-order chi connectivity index (χ0) is 13.6. The Hall–Kier alpha value is -1.10. The second-order valence-corrected chi connectivity index (χ2v) is 5.79. The molecular weight excluding hydrogens is 220 g/mol. The van der Waals surface area contributed by atoms with Crippen molar-refractivity contribution in [2.75, 3.05) is 6.54 Å². The Balaban J connectivity index is 4.19. The van der Waals surface area contributed by atoms with Crippen LogP contribution in [0.1, 0.15) is 40.5 Å². The molecule has 0 saturated carbocycles. The normalized spacial score (nSPS) is 15.1. The van der Waals surface area contributed by atoms with Crippen molar-refractivity contribution in [3.8, 4) is 0 Å². The van der Waals surface area contributed by atoms with Crippen molar-refractivity contribution in [2.24, 2.45) is 17.1 Å². The molecule has 0 aromatic rings. The predicted octanol–water partition coefficient (Wildman–Crippen LogP) is 0.977. The van der Waals surface area contributed by atoms with Crippen LogP contribution in [0.3, 0.4) is 0 Å². The van der Waals surface area contributed by atoms with Gasteiger partial charge in [0.05, 0.1) is 5.92 Å². The van der Waals surface area contributed by atoms with Crippen molar-refractivity contribution >= 4 is 11.9 Å². The summed E-state index contributed by atoms with van der Waals surface area (Å²) < 4.78 is 0. The van der Waals surface area contributed by atoms with Crippen molar-refractivity contribution in [1.82, 2.24) is 5.32 Å². The topological polar surface area (TPSA) is 92.4 Å². The maximum Gasteiger partial charge on any atom is 0.308 e. The highest BCUT2D eigenvalue weighted by atomic mass is 16.4. The van der Waals surface area contributed by atoms with Crippen LogP contribution in [0.5, 0.6) is 0 Å². The fraction of sp³-hybridized carbons (Fsp3) is 0.833. The van der Waals surface area contributed by atoms with Gasteiger partial charge in [0.15, 0.2) is 0 Å². The number of hydrogen-bond acceptors (Lipinski definition) is 3.